The molecule has 0 atom stereocenters. The van der Waals surface area contributed by atoms with Crippen molar-refractivity contribution < 1.29 is 9.59 Å². The van der Waals surface area contributed by atoms with Crippen LogP contribution in [0.3, 0.4) is 0 Å². The van der Waals surface area contributed by atoms with Gasteiger partial charge in [-0.2, -0.15) is 0 Å². The number of benzene rings is 3. The molecule has 3 aromatic carbocycles. The molecule has 0 aliphatic carbocycles. The van der Waals surface area contributed by atoms with E-state index in [4.69, 9.17) is 23.8 Å². The molecule has 29 heavy (non-hydrogen) atoms. The average molecular weight is 424 g/mol. The number of carbonyl (C=O) groups excluding carboxylic acids is 2. The maximum Gasteiger partial charge on any atom is 0.255 e. The Labute approximate surface area is 179 Å². The van der Waals surface area contributed by atoms with Gasteiger partial charge in [-0.05, 0) is 60.2 Å². The van der Waals surface area contributed by atoms with E-state index < -0.39 is 0 Å². The number of hydrogen-bond acceptors (Lipinski definition) is 3. The van der Waals surface area contributed by atoms with E-state index in [1.165, 1.54) is 0 Å². The lowest BCUT2D eigenvalue weighted by molar-refractivity contribution is -0.119. The largest absolute Gasteiger partial charge is 0.332 e. The Morgan fingerprint density at radius 2 is 1.48 bits per heavy atom. The third-order valence-corrected chi connectivity index (χ3v) is 4.40. The van der Waals surface area contributed by atoms with Crippen LogP contribution in [-0.2, 0) is 11.2 Å². The zero-order valence-corrected chi connectivity index (χ0v) is 16.9. The first-order valence-corrected chi connectivity index (χ1v) is 9.60. The van der Waals surface area contributed by atoms with Gasteiger partial charge in [0.2, 0.25) is 5.91 Å². The molecule has 0 unspecified atom stereocenters. The summed E-state index contributed by atoms with van der Waals surface area (Å²) >= 11 is 11.0. The van der Waals surface area contributed by atoms with Gasteiger partial charge in [-0.15, -0.1) is 0 Å². The van der Waals surface area contributed by atoms with Gasteiger partial charge in [0.1, 0.15) is 0 Å². The zero-order valence-electron chi connectivity index (χ0n) is 15.3. The molecule has 0 saturated carbocycles. The molecule has 3 N–H and O–H groups in total. The minimum Gasteiger partial charge on any atom is -0.332 e. The van der Waals surface area contributed by atoms with E-state index >= 15 is 0 Å². The summed E-state index contributed by atoms with van der Waals surface area (Å²) in [6, 6.07) is 23.1. The summed E-state index contributed by atoms with van der Waals surface area (Å²) in [4.78, 5) is 24.4. The van der Waals surface area contributed by atoms with Gasteiger partial charge in [0.25, 0.3) is 5.91 Å². The third kappa shape index (κ3) is 6.41. The summed E-state index contributed by atoms with van der Waals surface area (Å²) in [5, 5.41) is 9.21. The molecule has 7 heteroatoms. The van der Waals surface area contributed by atoms with Crippen LogP contribution in [0.1, 0.15) is 15.9 Å². The van der Waals surface area contributed by atoms with Crippen molar-refractivity contribution in [3.63, 3.8) is 0 Å². The summed E-state index contributed by atoms with van der Waals surface area (Å²) in [6.45, 7) is 0. The lowest BCUT2D eigenvalue weighted by Crippen LogP contribution is -2.35. The van der Waals surface area contributed by atoms with Crippen molar-refractivity contribution in [1.29, 1.82) is 0 Å². The first-order chi connectivity index (χ1) is 14.0. The Balaban J connectivity index is 1.55. The predicted octanol–water partition coefficient (Wildman–Crippen LogP) is 4.65. The molecule has 3 rings (SSSR count). The smallest absolute Gasteiger partial charge is 0.255 e. The highest BCUT2D eigenvalue weighted by molar-refractivity contribution is 7.80. The van der Waals surface area contributed by atoms with Gasteiger partial charge < -0.3 is 16.0 Å². The molecule has 0 spiro atoms. The monoisotopic (exact) mass is 423 g/mol. The van der Waals surface area contributed by atoms with Crippen LogP contribution < -0.4 is 16.0 Å². The molecular formula is C22H18ClN3O2S. The summed E-state index contributed by atoms with van der Waals surface area (Å²) in [5.74, 6) is -0.444. The van der Waals surface area contributed by atoms with E-state index in [9.17, 15) is 9.59 Å². The number of rotatable bonds is 5. The minimum absolute atomic E-state index is 0.176. The lowest BCUT2D eigenvalue weighted by atomic mass is 10.1. The molecule has 0 fully saturated rings. The van der Waals surface area contributed by atoms with Crippen molar-refractivity contribution in [3.05, 3.63) is 95.0 Å². The molecule has 3 aromatic rings. The Morgan fingerprint density at radius 1 is 0.828 bits per heavy atom. The number of nitrogens with one attached hydrogen (secondary N) is 3. The van der Waals surface area contributed by atoms with Crippen LogP contribution in [-0.4, -0.2) is 16.9 Å². The molecule has 0 radical (unpaired) electrons. The molecule has 0 aliphatic heterocycles. The van der Waals surface area contributed by atoms with Crippen LogP contribution in [0.4, 0.5) is 11.4 Å². The van der Waals surface area contributed by atoms with Crippen LogP contribution in [0, 0.1) is 0 Å². The van der Waals surface area contributed by atoms with E-state index in [2.05, 4.69) is 16.0 Å². The van der Waals surface area contributed by atoms with E-state index in [0.717, 1.165) is 5.56 Å². The van der Waals surface area contributed by atoms with Crippen LogP contribution in [0.15, 0.2) is 78.9 Å². The number of amides is 2. The quantitative estimate of drug-likeness (QED) is 0.522. The summed E-state index contributed by atoms with van der Waals surface area (Å²) in [7, 11) is 0. The van der Waals surface area contributed by atoms with Gasteiger partial charge in [0.15, 0.2) is 5.11 Å². The molecule has 0 saturated heterocycles. The number of hydrogen-bond donors (Lipinski definition) is 3. The fourth-order valence-corrected chi connectivity index (χ4v) is 2.95. The Hall–Kier alpha value is -3.22. The first kappa shape index (κ1) is 20.5. The third-order valence-electron chi connectivity index (χ3n) is 3.95. The number of thiocarbonyl (C=S) groups is 1. The molecule has 0 heterocycles. The van der Waals surface area contributed by atoms with Crippen molar-refractivity contribution in [3.8, 4) is 0 Å². The number of carbonyl (C=O) groups is 2. The first-order valence-electron chi connectivity index (χ1n) is 8.81. The average Bonchev–Trinajstić information content (AvgIpc) is 2.70. The fourth-order valence-electron chi connectivity index (χ4n) is 2.59. The van der Waals surface area contributed by atoms with Crippen LogP contribution in [0.5, 0.6) is 0 Å². The normalized spacial score (nSPS) is 10.1. The molecule has 0 aliphatic rings. The van der Waals surface area contributed by atoms with Gasteiger partial charge >= 0.3 is 0 Å². The van der Waals surface area contributed by atoms with Gasteiger partial charge in [0.05, 0.1) is 6.42 Å². The van der Waals surface area contributed by atoms with Gasteiger partial charge in [-0.3, -0.25) is 9.59 Å². The van der Waals surface area contributed by atoms with Crippen LogP contribution in [0.2, 0.25) is 5.02 Å². The topological polar surface area (TPSA) is 70.2 Å². The number of halogens is 1. The second-order valence-corrected chi connectivity index (χ2v) is 7.05. The minimum atomic E-state index is -0.238. The maximum absolute atomic E-state index is 12.3. The van der Waals surface area contributed by atoms with Gasteiger partial charge in [0, 0.05) is 22.0 Å². The molecule has 2 amide bonds. The SMILES string of the molecule is O=C(Cc1ccc(Cl)cc1)NC(=S)Nc1cccc(NC(=O)c2ccccc2)c1. The van der Waals surface area contributed by atoms with E-state index in [-0.39, 0.29) is 23.3 Å². The van der Waals surface area contributed by atoms with Crippen molar-refractivity contribution >= 4 is 52.1 Å². The molecule has 0 aromatic heterocycles. The Kier molecular flexibility index (Phi) is 6.94. The standard InChI is InChI=1S/C22H18ClN3O2S/c23-17-11-9-15(10-12-17)13-20(27)26-22(29)25-19-8-4-7-18(14-19)24-21(28)16-5-2-1-3-6-16/h1-12,14H,13H2,(H,24,28)(H2,25,26,27,29). The van der Waals surface area contributed by atoms with Crippen LogP contribution >= 0.6 is 23.8 Å². The fraction of sp³-hybridized carbons (Fsp3) is 0.0455. The highest BCUT2D eigenvalue weighted by Gasteiger charge is 2.08. The molecule has 5 nitrogen and oxygen atoms in total. The maximum atomic E-state index is 12.3. The summed E-state index contributed by atoms with van der Waals surface area (Å²) in [6.07, 6.45) is 0.187. The van der Waals surface area contributed by atoms with Crippen molar-refractivity contribution in [2.24, 2.45) is 0 Å². The summed E-state index contributed by atoms with van der Waals surface area (Å²) < 4.78 is 0. The van der Waals surface area contributed by atoms with Gasteiger partial charge in [-0.25, -0.2) is 0 Å². The summed E-state index contributed by atoms with van der Waals surface area (Å²) in [5.41, 5.74) is 2.66. The van der Waals surface area contributed by atoms with E-state index in [0.29, 0.717) is 22.0 Å². The lowest BCUT2D eigenvalue weighted by Gasteiger charge is -2.11. The van der Waals surface area contributed by atoms with Gasteiger partial charge in [-0.1, -0.05) is 48.0 Å². The van der Waals surface area contributed by atoms with Crippen molar-refractivity contribution in [1.82, 2.24) is 5.32 Å². The zero-order chi connectivity index (χ0) is 20.6. The second kappa shape index (κ2) is 9.82. The molecule has 0 bridgehead atoms. The molecular weight excluding hydrogens is 406 g/mol. The van der Waals surface area contributed by atoms with E-state index in [1.54, 1.807) is 72.8 Å². The van der Waals surface area contributed by atoms with E-state index in [1.807, 2.05) is 6.07 Å². The second-order valence-electron chi connectivity index (χ2n) is 6.21. The highest BCUT2D eigenvalue weighted by Crippen LogP contribution is 2.16. The van der Waals surface area contributed by atoms with Crippen LogP contribution in [0.25, 0.3) is 0 Å². The van der Waals surface area contributed by atoms with Crippen molar-refractivity contribution in [2.45, 2.75) is 6.42 Å². The Bertz CT molecular complexity index is 1020. The predicted molar refractivity (Wildman–Crippen MR) is 120 cm³/mol. The highest BCUT2D eigenvalue weighted by atomic mass is 35.5. The molecule has 146 valence electrons. The van der Waals surface area contributed by atoms with Crippen molar-refractivity contribution in [2.75, 3.05) is 10.6 Å². The Morgan fingerprint density at radius 3 is 2.17 bits per heavy atom. The number of anilines is 2.